The number of rotatable bonds is 11. The molecule has 77 heavy (non-hydrogen) atoms. The van der Waals surface area contributed by atoms with E-state index in [0.29, 0.717) is 0 Å². The van der Waals surface area contributed by atoms with Crippen molar-refractivity contribution in [3.05, 3.63) is 342 Å². The number of benzene rings is 12. The van der Waals surface area contributed by atoms with Crippen LogP contribution in [-0.4, -0.2) is 4.57 Å². The first kappa shape index (κ1) is 45.8. The molecule has 0 aliphatic heterocycles. The van der Waals surface area contributed by atoms with Gasteiger partial charge in [-0.2, -0.15) is 0 Å². The summed E-state index contributed by atoms with van der Waals surface area (Å²) in [6.45, 7) is 0. The summed E-state index contributed by atoms with van der Waals surface area (Å²) in [7, 11) is 0. The average molecular weight is 980 g/mol. The van der Waals surface area contributed by atoms with E-state index < -0.39 is 0 Å². The van der Waals surface area contributed by atoms with Crippen LogP contribution in [-0.2, 0) is 6.42 Å². The molecule has 0 saturated carbocycles. The molecule has 1 nitrogen and oxygen atoms in total. The van der Waals surface area contributed by atoms with E-state index in [9.17, 15) is 0 Å². The quantitative estimate of drug-likeness (QED) is 0.122. The second-order valence-electron chi connectivity index (χ2n) is 20.4. The van der Waals surface area contributed by atoms with E-state index in [1.54, 1.807) is 0 Å². The summed E-state index contributed by atoms with van der Waals surface area (Å²) in [4.78, 5) is 0. The lowest BCUT2D eigenvalue weighted by atomic mass is 9.81. The molecule has 1 aromatic heterocycles. The molecule has 0 radical (unpaired) electrons. The molecule has 0 spiro atoms. The van der Waals surface area contributed by atoms with Gasteiger partial charge < -0.3 is 4.57 Å². The van der Waals surface area contributed by atoms with Gasteiger partial charge in [0.2, 0.25) is 0 Å². The fourth-order valence-corrected chi connectivity index (χ4v) is 12.0. The Bertz CT molecular complexity index is 4190. The molecule has 1 heteroatoms. The predicted octanol–water partition coefficient (Wildman–Crippen LogP) is 19.8. The minimum atomic E-state index is 0.0309. The van der Waals surface area contributed by atoms with E-state index in [1.165, 1.54) is 128 Å². The molecule has 1 unspecified atom stereocenters. The van der Waals surface area contributed by atoms with Gasteiger partial charge in [0, 0.05) is 22.4 Å². The molecule has 0 amide bonds. The van der Waals surface area contributed by atoms with Crippen molar-refractivity contribution < 1.29 is 0 Å². The van der Waals surface area contributed by atoms with Gasteiger partial charge in [0.05, 0.1) is 11.0 Å². The van der Waals surface area contributed by atoms with Crippen molar-refractivity contribution in [1.82, 2.24) is 4.57 Å². The second kappa shape index (κ2) is 19.8. The Kier molecular flexibility index (Phi) is 11.8. The Morgan fingerprint density at radius 1 is 0.286 bits per heavy atom. The molecule has 13 aromatic rings. The van der Waals surface area contributed by atoms with Gasteiger partial charge in [0.25, 0.3) is 0 Å². The predicted molar refractivity (Wildman–Crippen MR) is 324 cm³/mol. The van der Waals surface area contributed by atoms with Crippen molar-refractivity contribution in [1.29, 1.82) is 0 Å². The monoisotopic (exact) mass is 979 g/mol. The van der Waals surface area contributed by atoms with Crippen LogP contribution in [0.25, 0.3) is 94.3 Å². The van der Waals surface area contributed by atoms with Crippen LogP contribution in [0.15, 0.2) is 303 Å². The van der Waals surface area contributed by atoms with Crippen LogP contribution in [0.5, 0.6) is 0 Å². The summed E-state index contributed by atoms with van der Waals surface area (Å²) in [5, 5.41) is 2.50. The number of para-hydroxylation sites is 1. The maximum atomic E-state index is 2.52. The van der Waals surface area contributed by atoms with E-state index in [1.807, 2.05) is 0 Å². The molecule has 1 atom stereocenters. The molecule has 362 valence electrons. The summed E-state index contributed by atoms with van der Waals surface area (Å²) < 4.78 is 2.41. The minimum absolute atomic E-state index is 0.0309. The summed E-state index contributed by atoms with van der Waals surface area (Å²) in [5.74, 6) is 0.0309. The first-order valence-electron chi connectivity index (χ1n) is 26.8. The standard InChI is InChI=1S/C76H53N/c1-6-20-53(21-7-1)56-38-42-65(43-39-56)77-73-33-19-18-31-68(73)71-50-60(41-45-74(71)77)57-36-34-52(35-37-57)46-70(64-48-62(54-22-8-2-9-23-54)47-63(49-64)55-24-10-3-11-25-55)61-40-44-67-66-30-16-17-32-69(66)76(72(67)51-61)75(58-26-12-4-13-27-58)59-28-14-5-15-29-59/h1-45,47-51,70H,46H2. The van der Waals surface area contributed by atoms with E-state index >= 15 is 0 Å². The van der Waals surface area contributed by atoms with Crippen molar-refractivity contribution >= 4 is 33.0 Å². The van der Waals surface area contributed by atoms with Gasteiger partial charge in [-0.25, -0.2) is 0 Å². The minimum Gasteiger partial charge on any atom is -0.309 e. The van der Waals surface area contributed by atoms with Gasteiger partial charge in [0.15, 0.2) is 0 Å². The number of aromatic nitrogens is 1. The molecule has 0 saturated heterocycles. The fraction of sp³-hybridized carbons (Fsp3) is 0.0263. The van der Waals surface area contributed by atoms with E-state index in [0.717, 1.165) is 12.1 Å². The Labute approximate surface area is 451 Å². The van der Waals surface area contributed by atoms with Crippen LogP contribution in [0, 0.1) is 0 Å². The Hall–Kier alpha value is -9.82. The molecule has 1 heterocycles. The zero-order valence-electron chi connectivity index (χ0n) is 42.6. The van der Waals surface area contributed by atoms with Crippen molar-refractivity contribution in [2.45, 2.75) is 12.3 Å². The maximum absolute atomic E-state index is 2.52. The maximum Gasteiger partial charge on any atom is 0.0541 e. The first-order valence-corrected chi connectivity index (χ1v) is 26.8. The van der Waals surface area contributed by atoms with Gasteiger partial charge in [0.1, 0.15) is 0 Å². The van der Waals surface area contributed by atoms with Gasteiger partial charge >= 0.3 is 0 Å². The van der Waals surface area contributed by atoms with Gasteiger partial charge in [-0.1, -0.05) is 261 Å². The lowest BCUT2D eigenvalue weighted by Gasteiger charge is -2.23. The summed E-state index contributed by atoms with van der Waals surface area (Å²) in [5.41, 5.74) is 27.2. The molecule has 14 rings (SSSR count). The zero-order chi connectivity index (χ0) is 51.1. The third-order valence-electron chi connectivity index (χ3n) is 15.8. The molecular weight excluding hydrogens is 927 g/mol. The highest BCUT2D eigenvalue weighted by molar-refractivity contribution is 6.14. The highest BCUT2D eigenvalue weighted by atomic mass is 15.0. The smallest absolute Gasteiger partial charge is 0.0541 e. The number of nitrogens with zero attached hydrogens (tertiary/aromatic N) is 1. The molecule has 0 fully saturated rings. The fourth-order valence-electron chi connectivity index (χ4n) is 12.0. The van der Waals surface area contributed by atoms with Crippen LogP contribution >= 0.6 is 0 Å². The zero-order valence-corrected chi connectivity index (χ0v) is 42.6. The lowest BCUT2D eigenvalue weighted by Crippen LogP contribution is -2.07. The van der Waals surface area contributed by atoms with Crippen molar-refractivity contribution in [2.24, 2.45) is 0 Å². The Balaban J connectivity index is 0.890. The normalized spacial score (nSPS) is 12.1. The SMILES string of the molecule is c1ccc(C(=C2c3ccccc3-c3ccc(C(Cc4ccc(-c5ccc6c(c5)c5ccccc5n6-c5ccc(-c6ccccc6)cc5)cc4)c4cc(-c5ccccc5)cc(-c5ccccc5)c4)cc32)c2ccccc2)cc1. The van der Waals surface area contributed by atoms with Crippen LogP contribution in [0.2, 0.25) is 0 Å². The van der Waals surface area contributed by atoms with Gasteiger partial charge in [-0.15, -0.1) is 0 Å². The van der Waals surface area contributed by atoms with Crippen molar-refractivity contribution in [3.8, 4) is 61.3 Å². The molecule has 0 N–H and O–H groups in total. The largest absolute Gasteiger partial charge is 0.309 e. The average Bonchev–Trinajstić information content (AvgIpc) is 4.09. The number of hydrogen-bond acceptors (Lipinski definition) is 0. The topological polar surface area (TPSA) is 4.93 Å². The van der Waals surface area contributed by atoms with Gasteiger partial charge in [-0.3, -0.25) is 0 Å². The van der Waals surface area contributed by atoms with E-state index in [4.69, 9.17) is 0 Å². The summed E-state index contributed by atoms with van der Waals surface area (Å²) >= 11 is 0. The lowest BCUT2D eigenvalue weighted by molar-refractivity contribution is 0.805. The van der Waals surface area contributed by atoms with Crippen LogP contribution in [0.3, 0.4) is 0 Å². The molecule has 1 aliphatic rings. The Morgan fingerprint density at radius 2 is 0.753 bits per heavy atom. The third-order valence-corrected chi connectivity index (χ3v) is 15.8. The van der Waals surface area contributed by atoms with Crippen LogP contribution in [0.1, 0.15) is 44.9 Å². The summed E-state index contributed by atoms with van der Waals surface area (Å²) in [6, 6.07) is 112. The highest BCUT2D eigenvalue weighted by Crippen LogP contribution is 2.50. The third kappa shape index (κ3) is 8.59. The van der Waals surface area contributed by atoms with E-state index in [2.05, 4.69) is 308 Å². The first-order chi connectivity index (χ1) is 38.2. The molecule has 0 bridgehead atoms. The Morgan fingerprint density at radius 3 is 1.38 bits per heavy atom. The second-order valence-corrected chi connectivity index (χ2v) is 20.4. The number of hydrogen-bond donors (Lipinski definition) is 0. The van der Waals surface area contributed by atoms with Crippen molar-refractivity contribution in [3.63, 3.8) is 0 Å². The van der Waals surface area contributed by atoms with Gasteiger partial charge in [-0.05, 0) is 155 Å². The van der Waals surface area contributed by atoms with Crippen LogP contribution in [0.4, 0.5) is 0 Å². The molecular formula is C76H53N. The van der Waals surface area contributed by atoms with E-state index in [-0.39, 0.29) is 5.92 Å². The molecule has 1 aliphatic carbocycles. The van der Waals surface area contributed by atoms with Crippen LogP contribution < -0.4 is 0 Å². The molecule has 12 aromatic carbocycles. The number of fused-ring (bicyclic) bond motifs is 6. The van der Waals surface area contributed by atoms with Crippen molar-refractivity contribution in [2.75, 3.05) is 0 Å². The highest BCUT2D eigenvalue weighted by Gasteiger charge is 2.29. The summed E-state index contributed by atoms with van der Waals surface area (Å²) in [6.07, 6.45) is 0.817.